The summed E-state index contributed by atoms with van der Waals surface area (Å²) in [7, 11) is 2.21. The summed E-state index contributed by atoms with van der Waals surface area (Å²) in [6.45, 7) is 8.44. The first-order valence-electron chi connectivity index (χ1n) is 7.24. The van der Waals surface area contributed by atoms with Crippen molar-refractivity contribution in [1.29, 1.82) is 0 Å². The fourth-order valence-corrected chi connectivity index (χ4v) is 4.38. The molecule has 3 heterocycles. The van der Waals surface area contributed by atoms with E-state index < -0.39 is 0 Å². The van der Waals surface area contributed by atoms with Gasteiger partial charge in [0.15, 0.2) is 0 Å². The van der Waals surface area contributed by atoms with E-state index >= 15 is 0 Å². The maximum atomic E-state index is 4.33. The van der Waals surface area contributed by atoms with Crippen LogP contribution >= 0.6 is 22.7 Å². The highest BCUT2D eigenvalue weighted by molar-refractivity contribution is 7.15. The molecule has 1 aliphatic heterocycles. The number of aryl methyl sites for hydroxylation is 2. The zero-order valence-corrected chi connectivity index (χ0v) is 14.4. The number of aromatic nitrogens is 3. The van der Waals surface area contributed by atoms with Gasteiger partial charge in [-0.1, -0.05) is 11.3 Å². The summed E-state index contributed by atoms with van der Waals surface area (Å²) in [5.41, 5.74) is 3.11. The van der Waals surface area contributed by atoms with Gasteiger partial charge in [-0.15, -0.1) is 21.5 Å². The lowest BCUT2D eigenvalue weighted by molar-refractivity contribution is 0.281. The van der Waals surface area contributed by atoms with E-state index in [1.165, 1.54) is 17.0 Å². The Morgan fingerprint density at radius 1 is 1.38 bits per heavy atom. The third-order valence-corrected chi connectivity index (χ3v) is 5.72. The molecule has 0 aliphatic carbocycles. The van der Waals surface area contributed by atoms with Gasteiger partial charge in [0.2, 0.25) is 5.13 Å². The molecule has 21 heavy (non-hydrogen) atoms. The van der Waals surface area contributed by atoms with Crippen molar-refractivity contribution < 1.29 is 0 Å². The molecule has 0 aromatic carbocycles. The molecule has 0 saturated carbocycles. The van der Waals surface area contributed by atoms with Crippen LogP contribution in [0.15, 0.2) is 5.51 Å². The zero-order valence-electron chi connectivity index (χ0n) is 12.7. The Bertz CT molecular complexity index is 594. The highest BCUT2D eigenvalue weighted by Gasteiger charge is 2.25. The first-order chi connectivity index (χ1) is 10.1. The molecule has 7 heteroatoms. The molecule has 1 atom stereocenters. The topological polar surface area (TPSA) is 45.2 Å². The number of anilines is 1. The minimum absolute atomic E-state index is 0.715. The third-order valence-electron chi connectivity index (χ3n) is 3.90. The number of nitrogens with zero attached hydrogens (tertiary/aromatic N) is 5. The van der Waals surface area contributed by atoms with Crippen molar-refractivity contribution in [3.63, 3.8) is 0 Å². The Hall–Kier alpha value is -1.05. The average Bonchev–Trinajstić information content (AvgIpc) is 3.13. The highest BCUT2D eigenvalue weighted by atomic mass is 32.1. The Morgan fingerprint density at radius 3 is 2.90 bits per heavy atom. The largest absolute Gasteiger partial charge is 0.346 e. The Morgan fingerprint density at radius 2 is 2.24 bits per heavy atom. The molecule has 0 spiro atoms. The van der Waals surface area contributed by atoms with Crippen LogP contribution in [0.4, 0.5) is 5.13 Å². The van der Waals surface area contributed by atoms with Gasteiger partial charge in [-0.2, -0.15) is 0 Å². The Labute approximate surface area is 133 Å². The number of thiazole rings is 1. The van der Waals surface area contributed by atoms with Crippen LogP contribution in [0, 0.1) is 19.8 Å². The van der Waals surface area contributed by atoms with Crippen molar-refractivity contribution in [3.05, 3.63) is 21.1 Å². The van der Waals surface area contributed by atoms with Crippen LogP contribution in [-0.2, 0) is 6.54 Å². The number of hydrogen-bond donors (Lipinski definition) is 0. The second-order valence-corrected chi connectivity index (χ2v) is 7.86. The van der Waals surface area contributed by atoms with E-state index in [0.29, 0.717) is 5.92 Å². The monoisotopic (exact) mass is 323 g/mol. The highest BCUT2D eigenvalue weighted by Crippen LogP contribution is 2.27. The van der Waals surface area contributed by atoms with E-state index in [9.17, 15) is 0 Å². The molecular formula is C14H21N5S2. The first-order valence-corrected chi connectivity index (χ1v) is 8.94. The molecule has 1 fully saturated rings. The lowest BCUT2D eigenvalue weighted by atomic mass is 10.1. The van der Waals surface area contributed by atoms with Crippen LogP contribution < -0.4 is 4.90 Å². The normalized spacial score (nSPS) is 18.9. The molecular weight excluding hydrogens is 302 g/mol. The molecule has 2 aromatic rings. The molecule has 114 valence electrons. The molecule has 0 amide bonds. The van der Waals surface area contributed by atoms with Crippen LogP contribution in [0.3, 0.4) is 0 Å². The summed E-state index contributed by atoms with van der Waals surface area (Å²) in [5, 5.41) is 10.5. The van der Waals surface area contributed by atoms with Gasteiger partial charge in [0.05, 0.1) is 11.2 Å². The van der Waals surface area contributed by atoms with E-state index in [4.69, 9.17) is 0 Å². The number of rotatable bonds is 5. The van der Waals surface area contributed by atoms with Crippen LogP contribution in [0.1, 0.15) is 22.0 Å². The van der Waals surface area contributed by atoms with Crippen molar-refractivity contribution in [3.8, 4) is 0 Å². The predicted molar refractivity (Wildman–Crippen MR) is 88.2 cm³/mol. The smallest absolute Gasteiger partial charge is 0.208 e. The van der Waals surface area contributed by atoms with Crippen LogP contribution in [0.25, 0.3) is 0 Å². The molecule has 0 N–H and O–H groups in total. The molecule has 0 radical (unpaired) electrons. The zero-order chi connectivity index (χ0) is 14.8. The van der Waals surface area contributed by atoms with Gasteiger partial charge >= 0.3 is 0 Å². The molecule has 1 unspecified atom stereocenters. The van der Waals surface area contributed by atoms with Crippen molar-refractivity contribution in [2.75, 3.05) is 31.6 Å². The molecule has 1 saturated heterocycles. The summed E-state index contributed by atoms with van der Waals surface area (Å²) >= 11 is 3.45. The van der Waals surface area contributed by atoms with E-state index in [0.717, 1.165) is 36.3 Å². The Balaban J connectivity index is 1.51. The molecule has 1 aliphatic rings. The van der Waals surface area contributed by atoms with Gasteiger partial charge in [0, 0.05) is 31.1 Å². The summed E-state index contributed by atoms with van der Waals surface area (Å²) < 4.78 is 0. The second-order valence-electron chi connectivity index (χ2n) is 5.76. The van der Waals surface area contributed by atoms with Gasteiger partial charge < -0.3 is 9.80 Å². The quantitative estimate of drug-likeness (QED) is 0.846. The van der Waals surface area contributed by atoms with Crippen LogP contribution in [0.2, 0.25) is 0 Å². The van der Waals surface area contributed by atoms with Gasteiger partial charge in [-0.3, -0.25) is 0 Å². The van der Waals surface area contributed by atoms with E-state index in [1.54, 1.807) is 22.7 Å². The van der Waals surface area contributed by atoms with Gasteiger partial charge in [0.1, 0.15) is 5.01 Å². The summed E-state index contributed by atoms with van der Waals surface area (Å²) in [4.78, 5) is 10.5. The van der Waals surface area contributed by atoms with Gasteiger partial charge in [-0.25, -0.2) is 4.98 Å². The molecule has 5 nitrogen and oxygen atoms in total. The average molecular weight is 323 g/mol. The minimum Gasteiger partial charge on any atom is -0.346 e. The van der Waals surface area contributed by atoms with Crippen LogP contribution in [-0.4, -0.2) is 46.8 Å². The third kappa shape index (κ3) is 3.59. The fourth-order valence-electron chi connectivity index (χ4n) is 2.80. The van der Waals surface area contributed by atoms with E-state index in [-0.39, 0.29) is 0 Å². The number of hydrogen-bond acceptors (Lipinski definition) is 7. The standard InChI is InChI=1S/C14H21N5S2/c1-10-13(20-9-15-10)8-18(3)6-12-4-5-19(7-12)14-17-16-11(2)21-14/h9,12H,4-8H2,1-3H3. The van der Waals surface area contributed by atoms with Crippen molar-refractivity contribution in [2.45, 2.75) is 26.8 Å². The minimum atomic E-state index is 0.715. The summed E-state index contributed by atoms with van der Waals surface area (Å²) in [6.07, 6.45) is 1.24. The first kappa shape index (κ1) is 14.9. The van der Waals surface area contributed by atoms with Crippen molar-refractivity contribution >= 4 is 27.8 Å². The van der Waals surface area contributed by atoms with Crippen molar-refractivity contribution in [1.82, 2.24) is 20.1 Å². The molecule has 0 bridgehead atoms. The maximum absolute atomic E-state index is 4.33. The Kier molecular flexibility index (Phi) is 4.51. The lowest BCUT2D eigenvalue weighted by Crippen LogP contribution is -2.28. The molecule has 3 rings (SSSR count). The molecule has 2 aromatic heterocycles. The SMILES string of the molecule is Cc1nnc(N2CCC(CN(C)Cc3scnc3C)C2)s1. The van der Waals surface area contributed by atoms with Gasteiger partial charge in [-0.05, 0) is 33.2 Å². The second kappa shape index (κ2) is 6.37. The van der Waals surface area contributed by atoms with Crippen molar-refractivity contribution in [2.24, 2.45) is 5.92 Å². The summed E-state index contributed by atoms with van der Waals surface area (Å²) in [6, 6.07) is 0. The van der Waals surface area contributed by atoms with E-state index in [1.807, 2.05) is 12.4 Å². The predicted octanol–water partition coefficient (Wildman–Crippen LogP) is 2.57. The lowest BCUT2D eigenvalue weighted by Gasteiger charge is -2.21. The van der Waals surface area contributed by atoms with E-state index in [2.05, 4.69) is 39.0 Å². The summed E-state index contributed by atoms with van der Waals surface area (Å²) in [5.74, 6) is 0.715. The van der Waals surface area contributed by atoms with Crippen LogP contribution in [0.5, 0.6) is 0 Å². The fraction of sp³-hybridized carbons (Fsp3) is 0.643. The maximum Gasteiger partial charge on any atom is 0.208 e. The van der Waals surface area contributed by atoms with Gasteiger partial charge in [0.25, 0.3) is 0 Å².